The number of hydrogen-bond donors (Lipinski definition) is 0. The monoisotopic (exact) mass is 416 g/mol. The van der Waals surface area contributed by atoms with Crippen LogP contribution in [-0.2, 0) is 10.2 Å². The zero-order valence-electron chi connectivity index (χ0n) is 15.6. The van der Waals surface area contributed by atoms with Crippen LogP contribution in [0.2, 0.25) is 0 Å². The van der Waals surface area contributed by atoms with E-state index >= 15 is 0 Å². The van der Waals surface area contributed by atoms with Gasteiger partial charge in [0, 0.05) is 36.1 Å². The van der Waals surface area contributed by atoms with Crippen molar-refractivity contribution in [2.45, 2.75) is 63.5 Å². The van der Waals surface area contributed by atoms with Crippen molar-refractivity contribution in [3.05, 3.63) is 22.4 Å². The number of nitriles is 1. The Hall–Kier alpha value is -1.45. The van der Waals surface area contributed by atoms with E-state index in [0.29, 0.717) is 5.92 Å². The minimum atomic E-state index is -0.611. The molecule has 1 aromatic heterocycles. The van der Waals surface area contributed by atoms with Gasteiger partial charge < -0.3 is 4.90 Å². The largest absolute Gasteiger partial charge is 0.306 e. The SMILES string of the molecule is C[C@@H]1CCCN(C2(C#N)CC(N3C(=O)C(C)(C)c4ncc(Br)cc43)C2)C1. The van der Waals surface area contributed by atoms with Crippen LogP contribution in [-0.4, -0.2) is 40.5 Å². The predicted molar refractivity (Wildman–Crippen MR) is 104 cm³/mol. The summed E-state index contributed by atoms with van der Waals surface area (Å²) in [6.45, 7) is 8.13. The molecular formula is C20H25BrN4O. The Morgan fingerprint density at radius 1 is 1.38 bits per heavy atom. The van der Waals surface area contributed by atoms with E-state index < -0.39 is 11.0 Å². The number of likely N-dealkylation sites (tertiary alicyclic amines) is 1. The highest BCUT2D eigenvalue weighted by Crippen LogP contribution is 2.49. The summed E-state index contributed by atoms with van der Waals surface area (Å²) in [5.74, 6) is 0.739. The Labute approximate surface area is 163 Å². The zero-order chi connectivity index (χ0) is 18.7. The van der Waals surface area contributed by atoms with Crippen LogP contribution in [0.1, 0.15) is 52.1 Å². The van der Waals surface area contributed by atoms with Crippen LogP contribution < -0.4 is 4.90 Å². The zero-order valence-corrected chi connectivity index (χ0v) is 17.2. The van der Waals surface area contributed by atoms with Gasteiger partial charge in [-0.2, -0.15) is 5.26 Å². The molecule has 0 aromatic carbocycles. The molecule has 1 saturated heterocycles. The van der Waals surface area contributed by atoms with Crippen LogP contribution in [0.15, 0.2) is 16.7 Å². The minimum absolute atomic E-state index is 0.0796. The van der Waals surface area contributed by atoms with Crippen molar-refractivity contribution in [3.63, 3.8) is 0 Å². The van der Waals surface area contributed by atoms with Crippen LogP contribution in [0.5, 0.6) is 0 Å². The molecule has 1 aromatic rings. The normalized spacial score (nSPS) is 33.5. The summed E-state index contributed by atoms with van der Waals surface area (Å²) in [5, 5.41) is 9.93. The highest BCUT2D eigenvalue weighted by atomic mass is 79.9. The van der Waals surface area contributed by atoms with Gasteiger partial charge in [-0.25, -0.2) is 0 Å². The molecule has 3 aliphatic rings. The Kier molecular flexibility index (Phi) is 4.16. The van der Waals surface area contributed by atoms with E-state index in [1.165, 1.54) is 6.42 Å². The van der Waals surface area contributed by atoms with Crippen LogP contribution in [0.25, 0.3) is 0 Å². The van der Waals surface area contributed by atoms with Crippen molar-refractivity contribution in [2.75, 3.05) is 18.0 Å². The van der Waals surface area contributed by atoms with Crippen LogP contribution in [0.4, 0.5) is 5.69 Å². The van der Waals surface area contributed by atoms with Gasteiger partial charge in [0.05, 0.1) is 22.9 Å². The molecule has 2 aliphatic heterocycles. The third-order valence-electron chi connectivity index (χ3n) is 6.42. The second-order valence-corrected chi connectivity index (χ2v) is 9.64. The lowest BCUT2D eigenvalue weighted by Gasteiger charge is -2.54. The summed E-state index contributed by atoms with van der Waals surface area (Å²) < 4.78 is 0.877. The topological polar surface area (TPSA) is 60.2 Å². The maximum Gasteiger partial charge on any atom is 0.239 e. The molecule has 6 heteroatoms. The van der Waals surface area contributed by atoms with Crippen molar-refractivity contribution < 1.29 is 4.79 Å². The van der Waals surface area contributed by atoms with Gasteiger partial charge in [0.15, 0.2) is 0 Å². The van der Waals surface area contributed by atoms with Gasteiger partial charge >= 0.3 is 0 Å². The third kappa shape index (κ3) is 2.51. The van der Waals surface area contributed by atoms with Gasteiger partial charge in [0.2, 0.25) is 5.91 Å². The van der Waals surface area contributed by atoms with Gasteiger partial charge in [0.1, 0.15) is 5.54 Å². The van der Waals surface area contributed by atoms with Gasteiger partial charge in [-0.15, -0.1) is 0 Å². The molecule has 0 radical (unpaired) electrons. The van der Waals surface area contributed by atoms with Crippen molar-refractivity contribution in [1.82, 2.24) is 9.88 Å². The molecule has 138 valence electrons. The second-order valence-electron chi connectivity index (χ2n) is 8.72. The first-order valence-electron chi connectivity index (χ1n) is 9.44. The predicted octanol–water partition coefficient (Wildman–Crippen LogP) is 3.62. The summed E-state index contributed by atoms with van der Waals surface area (Å²) >= 11 is 3.48. The van der Waals surface area contributed by atoms with E-state index in [2.05, 4.69) is 38.8 Å². The molecule has 3 heterocycles. The number of aromatic nitrogens is 1. The number of piperidine rings is 1. The lowest BCUT2D eigenvalue weighted by Crippen LogP contribution is -2.65. The van der Waals surface area contributed by atoms with E-state index in [1.807, 2.05) is 24.8 Å². The number of carbonyl (C=O) groups is 1. The molecule has 0 bridgehead atoms. The number of carbonyl (C=O) groups excluding carboxylic acids is 1. The Morgan fingerprint density at radius 3 is 2.77 bits per heavy atom. The van der Waals surface area contributed by atoms with Crippen molar-refractivity contribution in [3.8, 4) is 6.07 Å². The van der Waals surface area contributed by atoms with E-state index in [-0.39, 0.29) is 11.9 Å². The summed E-state index contributed by atoms with van der Waals surface area (Å²) in [6, 6.07) is 4.66. The number of pyridine rings is 1. The average Bonchev–Trinajstić information content (AvgIpc) is 2.75. The number of anilines is 1. The van der Waals surface area contributed by atoms with Crippen LogP contribution in [0, 0.1) is 17.2 Å². The Morgan fingerprint density at radius 2 is 2.12 bits per heavy atom. The highest BCUT2D eigenvalue weighted by molar-refractivity contribution is 9.10. The molecule has 1 atom stereocenters. The molecule has 0 N–H and O–H groups in total. The second kappa shape index (κ2) is 6.03. The van der Waals surface area contributed by atoms with E-state index in [9.17, 15) is 10.1 Å². The smallest absolute Gasteiger partial charge is 0.239 e. The number of fused-ring (bicyclic) bond motifs is 1. The fourth-order valence-corrected chi connectivity index (χ4v) is 5.19. The Balaban J connectivity index is 1.60. The summed E-state index contributed by atoms with van der Waals surface area (Å²) in [6.07, 6.45) is 5.61. The maximum absolute atomic E-state index is 13.1. The van der Waals surface area contributed by atoms with Crippen molar-refractivity contribution in [2.24, 2.45) is 5.92 Å². The van der Waals surface area contributed by atoms with Crippen molar-refractivity contribution >= 4 is 27.5 Å². The van der Waals surface area contributed by atoms with Crippen molar-refractivity contribution in [1.29, 1.82) is 5.26 Å². The molecule has 1 saturated carbocycles. The molecule has 1 amide bonds. The first-order valence-corrected chi connectivity index (χ1v) is 10.2. The molecule has 2 fully saturated rings. The van der Waals surface area contributed by atoms with Crippen LogP contribution in [0.3, 0.4) is 0 Å². The fourth-order valence-electron chi connectivity index (χ4n) is 4.87. The first-order chi connectivity index (χ1) is 12.3. The standard InChI is InChI=1S/C20H25BrN4O/c1-13-5-4-6-24(11-13)20(12-22)8-15(9-20)25-16-7-14(21)10-23-17(16)19(2,3)18(25)26/h7,10,13,15H,4-6,8-9,11H2,1-3H3/t13-,15?,20?/m1/s1. The van der Waals surface area contributed by atoms with Gasteiger partial charge in [0.25, 0.3) is 0 Å². The van der Waals surface area contributed by atoms with Gasteiger partial charge in [-0.05, 0) is 61.1 Å². The Bertz CT molecular complexity index is 793. The van der Waals surface area contributed by atoms with E-state index in [4.69, 9.17) is 0 Å². The minimum Gasteiger partial charge on any atom is -0.306 e. The molecular weight excluding hydrogens is 392 g/mol. The first kappa shape index (κ1) is 17.9. The maximum atomic E-state index is 13.1. The highest BCUT2D eigenvalue weighted by Gasteiger charge is 2.57. The molecule has 1 aliphatic carbocycles. The molecule has 5 nitrogen and oxygen atoms in total. The lowest BCUT2D eigenvalue weighted by atomic mass is 9.70. The summed E-state index contributed by atoms with van der Waals surface area (Å²) in [5.41, 5.74) is 0.719. The summed E-state index contributed by atoms with van der Waals surface area (Å²) in [4.78, 5) is 21.9. The number of rotatable bonds is 2. The van der Waals surface area contributed by atoms with Gasteiger partial charge in [-0.1, -0.05) is 6.92 Å². The number of nitrogens with zero attached hydrogens (tertiary/aromatic N) is 4. The molecule has 26 heavy (non-hydrogen) atoms. The number of amides is 1. The third-order valence-corrected chi connectivity index (χ3v) is 6.86. The summed E-state index contributed by atoms with van der Waals surface area (Å²) in [7, 11) is 0. The molecule has 0 spiro atoms. The lowest BCUT2D eigenvalue weighted by molar-refractivity contribution is -0.123. The molecule has 0 unspecified atom stereocenters. The quantitative estimate of drug-likeness (QED) is 0.738. The van der Waals surface area contributed by atoms with E-state index in [0.717, 1.165) is 48.2 Å². The van der Waals surface area contributed by atoms with Gasteiger partial charge in [-0.3, -0.25) is 14.7 Å². The van der Waals surface area contributed by atoms with Crippen LogP contribution >= 0.6 is 15.9 Å². The number of hydrogen-bond acceptors (Lipinski definition) is 4. The number of halogens is 1. The fraction of sp³-hybridized carbons (Fsp3) is 0.650. The molecule has 4 rings (SSSR count). The van der Waals surface area contributed by atoms with E-state index in [1.54, 1.807) is 6.20 Å². The average molecular weight is 417 g/mol.